The number of nitrogens with zero attached hydrogens (tertiary/aromatic N) is 1. The van der Waals surface area contributed by atoms with Gasteiger partial charge in [-0.2, -0.15) is 0 Å². The molecule has 122 valence electrons. The zero-order valence-electron chi connectivity index (χ0n) is 13.6. The second-order valence-electron chi connectivity index (χ2n) is 4.80. The SMILES string of the molecule is CCCNC(=O)CCNC(=NC)NCc1ccc(OC)cc1. The van der Waals surface area contributed by atoms with Gasteiger partial charge in [0.2, 0.25) is 5.91 Å². The number of amides is 1. The van der Waals surface area contributed by atoms with Crippen molar-refractivity contribution >= 4 is 11.9 Å². The number of aliphatic imine (C=N–C) groups is 1. The number of nitrogens with one attached hydrogen (secondary N) is 3. The van der Waals surface area contributed by atoms with Crippen LogP contribution in [0.2, 0.25) is 0 Å². The van der Waals surface area contributed by atoms with Gasteiger partial charge in [0.25, 0.3) is 0 Å². The first kappa shape index (κ1) is 17.8. The summed E-state index contributed by atoms with van der Waals surface area (Å²) in [6.45, 7) is 3.97. The van der Waals surface area contributed by atoms with Crippen molar-refractivity contribution in [2.24, 2.45) is 4.99 Å². The lowest BCUT2D eigenvalue weighted by Gasteiger charge is -2.12. The molecule has 0 atom stereocenters. The third-order valence-electron chi connectivity index (χ3n) is 3.06. The third kappa shape index (κ3) is 6.97. The van der Waals surface area contributed by atoms with Gasteiger partial charge in [0.15, 0.2) is 5.96 Å². The molecule has 22 heavy (non-hydrogen) atoms. The van der Waals surface area contributed by atoms with E-state index in [0.717, 1.165) is 24.3 Å². The molecule has 3 N–H and O–H groups in total. The van der Waals surface area contributed by atoms with Gasteiger partial charge in [-0.1, -0.05) is 19.1 Å². The summed E-state index contributed by atoms with van der Waals surface area (Å²) in [5, 5.41) is 9.17. The predicted octanol–water partition coefficient (Wildman–Crippen LogP) is 1.28. The van der Waals surface area contributed by atoms with Gasteiger partial charge in [-0.15, -0.1) is 0 Å². The molecule has 0 radical (unpaired) electrons. The Kier molecular flexibility index (Phi) is 8.49. The third-order valence-corrected chi connectivity index (χ3v) is 3.06. The maximum atomic E-state index is 11.5. The molecule has 0 saturated heterocycles. The van der Waals surface area contributed by atoms with Crippen molar-refractivity contribution in [3.63, 3.8) is 0 Å². The Morgan fingerprint density at radius 3 is 2.45 bits per heavy atom. The minimum Gasteiger partial charge on any atom is -0.497 e. The first-order valence-corrected chi connectivity index (χ1v) is 7.53. The fourth-order valence-corrected chi connectivity index (χ4v) is 1.80. The molecular weight excluding hydrogens is 280 g/mol. The lowest BCUT2D eigenvalue weighted by molar-refractivity contribution is -0.120. The molecule has 0 aliphatic heterocycles. The molecule has 0 bridgehead atoms. The zero-order chi connectivity index (χ0) is 16.2. The van der Waals surface area contributed by atoms with Crippen LogP contribution in [0, 0.1) is 0 Å². The summed E-state index contributed by atoms with van der Waals surface area (Å²) < 4.78 is 5.13. The van der Waals surface area contributed by atoms with Crippen LogP contribution in [0.1, 0.15) is 25.3 Å². The highest BCUT2D eigenvalue weighted by Gasteiger charge is 2.02. The van der Waals surface area contributed by atoms with Crippen LogP contribution < -0.4 is 20.7 Å². The standard InChI is InChI=1S/C16H26N4O2/c1-4-10-18-15(21)9-11-19-16(17-2)20-12-13-5-7-14(22-3)8-6-13/h5-8H,4,9-12H2,1-3H3,(H,18,21)(H2,17,19,20). The van der Waals surface area contributed by atoms with E-state index < -0.39 is 0 Å². The molecule has 0 aromatic heterocycles. The number of hydrogen-bond donors (Lipinski definition) is 3. The zero-order valence-corrected chi connectivity index (χ0v) is 13.6. The van der Waals surface area contributed by atoms with Crippen molar-refractivity contribution in [1.82, 2.24) is 16.0 Å². The number of methoxy groups -OCH3 is 1. The summed E-state index contributed by atoms with van der Waals surface area (Å²) in [4.78, 5) is 15.6. The van der Waals surface area contributed by atoms with Crippen LogP contribution in [0.5, 0.6) is 5.75 Å². The summed E-state index contributed by atoms with van der Waals surface area (Å²) in [6, 6.07) is 7.84. The predicted molar refractivity (Wildman–Crippen MR) is 89.1 cm³/mol. The molecule has 1 aromatic rings. The Hall–Kier alpha value is -2.24. The van der Waals surface area contributed by atoms with E-state index in [2.05, 4.69) is 20.9 Å². The van der Waals surface area contributed by atoms with E-state index in [1.807, 2.05) is 31.2 Å². The molecule has 6 heteroatoms. The van der Waals surface area contributed by atoms with Gasteiger partial charge in [-0.3, -0.25) is 9.79 Å². The lowest BCUT2D eigenvalue weighted by Crippen LogP contribution is -2.39. The van der Waals surface area contributed by atoms with E-state index in [9.17, 15) is 4.79 Å². The normalized spacial score (nSPS) is 11.0. The van der Waals surface area contributed by atoms with E-state index in [1.54, 1.807) is 14.2 Å². The summed E-state index contributed by atoms with van der Waals surface area (Å²) >= 11 is 0. The number of ether oxygens (including phenoxy) is 1. The highest BCUT2D eigenvalue weighted by molar-refractivity contribution is 5.81. The van der Waals surface area contributed by atoms with Gasteiger partial charge in [0, 0.05) is 33.1 Å². The average molecular weight is 306 g/mol. The molecule has 0 aliphatic rings. The Morgan fingerprint density at radius 2 is 1.86 bits per heavy atom. The summed E-state index contributed by atoms with van der Waals surface area (Å²) in [5.41, 5.74) is 1.13. The lowest BCUT2D eigenvalue weighted by atomic mass is 10.2. The molecule has 0 aliphatic carbocycles. The van der Waals surface area contributed by atoms with Crippen molar-refractivity contribution in [2.45, 2.75) is 26.3 Å². The van der Waals surface area contributed by atoms with Crippen molar-refractivity contribution in [3.8, 4) is 5.75 Å². The summed E-state index contributed by atoms with van der Waals surface area (Å²) in [6.07, 6.45) is 1.38. The van der Waals surface area contributed by atoms with E-state index >= 15 is 0 Å². The van der Waals surface area contributed by atoms with Crippen LogP contribution in [0.15, 0.2) is 29.3 Å². The minimum absolute atomic E-state index is 0.0555. The Labute approximate surface area is 132 Å². The molecular formula is C16H26N4O2. The van der Waals surface area contributed by atoms with Crippen molar-refractivity contribution < 1.29 is 9.53 Å². The number of carbonyl (C=O) groups is 1. The molecule has 0 spiro atoms. The fraction of sp³-hybridized carbons (Fsp3) is 0.500. The van der Waals surface area contributed by atoms with Crippen molar-refractivity contribution in [1.29, 1.82) is 0 Å². The van der Waals surface area contributed by atoms with Gasteiger partial charge >= 0.3 is 0 Å². The largest absolute Gasteiger partial charge is 0.497 e. The monoisotopic (exact) mass is 306 g/mol. The second-order valence-corrected chi connectivity index (χ2v) is 4.80. The van der Waals surface area contributed by atoms with E-state index in [0.29, 0.717) is 25.5 Å². The quantitative estimate of drug-likeness (QED) is 0.499. The number of carbonyl (C=O) groups excluding carboxylic acids is 1. The average Bonchev–Trinajstić information content (AvgIpc) is 2.56. The number of guanidine groups is 1. The maximum absolute atomic E-state index is 11.5. The summed E-state index contributed by atoms with van der Waals surface area (Å²) in [5.74, 6) is 1.57. The first-order chi connectivity index (χ1) is 10.7. The van der Waals surface area contributed by atoms with Gasteiger partial charge < -0.3 is 20.7 Å². The van der Waals surface area contributed by atoms with E-state index in [4.69, 9.17) is 4.74 Å². The summed E-state index contributed by atoms with van der Waals surface area (Å²) in [7, 11) is 3.36. The van der Waals surface area contributed by atoms with Crippen LogP contribution in [-0.4, -0.2) is 39.1 Å². The molecule has 6 nitrogen and oxygen atoms in total. The topological polar surface area (TPSA) is 74.8 Å². The van der Waals surface area contributed by atoms with Crippen LogP contribution >= 0.6 is 0 Å². The molecule has 0 heterocycles. The van der Waals surface area contributed by atoms with E-state index in [-0.39, 0.29) is 5.91 Å². The number of hydrogen-bond acceptors (Lipinski definition) is 3. The smallest absolute Gasteiger partial charge is 0.221 e. The van der Waals surface area contributed by atoms with Crippen LogP contribution in [-0.2, 0) is 11.3 Å². The highest BCUT2D eigenvalue weighted by atomic mass is 16.5. The van der Waals surface area contributed by atoms with Crippen LogP contribution in [0.25, 0.3) is 0 Å². The van der Waals surface area contributed by atoms with Crippen molar-refractivity contribution in [3.05, 3.63) is 29.8 Å². The second kappa shape index (κ2) is 10.5. The van der Waals surface area contributed by atoms with Gasteiger partial charge in [0.1, 0.15) is 5.75 Å². The number of rotatable bonds is 8. The van der Waals surface area contributed by atoms with Crippen molar-refractivity contribution in [2.75, 3.05) is 27.2 Å². The Morgan fingerprint density at radius 1 is 1.14 bits per heavy atom. The first-order valence-electron chi connectivity index (χ1n) is 7.53. The molecule has 0 fully saturated rings. The minimum atomic E-state index is 0.0555. The maximum Gasteiger partial charge on any atom is 0.221 e. The molecule has 1 rings (SSSR count). The van der Waals surface area contributed by atoms with Crippen LogP contribution in [0.3, 0.4) is 0 Å². The van der Waals surface area contributed by atoms with Gasteiger partial charge in [0.05, 0.1) is 7.11 Å². The highest BCUT2D eigenvalue weighted by Crippen LogP contribution is 2.10. The molecule has 0 unspecified atom stereocenters. The van der Waals surface area contributed by atoms with Gasteiger partial charge in [-0.05, 0) is 24.1 Å². The van der Waals surface area contributed by atoms with E-state index in [1.165, 1.54) is 0 Å². The number of benzene rings is 1. The molecule has 1 amide bonds. The van der Waals surface area contributed by atoms with Crippen LogP contribution in [0.4, 0.5) is 0 Å². The van der Waals surface area contributed by atoms with Gasteiger partial charge in [-0.25, -0.2) is 0 Å². The Balaban J connectivity index is 2.28. The Bertz CT molecular complexity index is 472. The fourth-order valence-electron chi connectivity index (χ4n) is 1.80. The molecule has 0 saturated carbocycles. The molecule has 1 aromatic carbocycles.